The Bertz CT molecular complexity index is 554. The molecule has 1 aromatic rings. The maximum Gasteiger partial charge on any atom is 0.178 e. The molecule has 0 aromatic heterocycles. The number of hydrogen-bond acceptors (Lipinski definition) is 4. The Labute approximate surface area is 114 Å². The molecule has 1 aliphatic heterocycles. The van der Waals surface area contributed by atoms with E-state index in [2.05, 4.69) is 19.2 Å². The van der Waals surface area contributed by atoms with Gasteiger partial charge in [-0.15, -0.1) is 0 Å². The van der Waals surface area contributed by atoms with Crippen LogP contribution in [0.3, 0.4) is 0 Å². The van der Waals surface area contributed by atoms with Crippen molar-refractivity contribution in [1.29, 1.82) is 0 Å². The predicted octanol–water partition coefficient (Wildman–Crippen LogP) is 1.30. The second kappa shape index (κ2) is 5.23. The Morgan fingerprint density at radius 2 is 2.05 bits per heavy atom. The summed E-state index contributed by atoms with van der Waals surface area (Å²) < 4.78 is 24.0. The lowest BCUT2D eigenvalue weighted by molar-refractivity contribution is 0.0279. The molecule has 0 radical (unpaired) electrons. The summed E-state index contributed by atoms with van der Waals surface area (Å²) in [5.74, 6) is 0.496. The van der Waals surface area contributed by atoms with Crippen molar-refractivity contribution >= 4 is 9.84 Å². The van der Waals surface area contributed by atoms with Crippen molar-refractivity contribution in [2.75, 3.05) is 18.8 Å². The molecular weight excluding hydrogens is 262 g/mol. The first-order valence-electron chi connectivity index (χ1n) is 6.60. The molecule has 2 rings (SSSR count). The SMILES string of the molecule is CC(C)CNCC1(O)CCS(=O)(=O)c2ccccc21. The molecule has 1 aromatic carbocycles. The summed E-state index contributed by atoms with van der Waals surface area (Å²) in [5.41, 5.74) is -0.561. The van der Waals surface area contributed by atoms with E-state index < -0.39 is 15.4 Å². The van der Waals surface area contributed by atoms with Crippen molar-refractivity contribution in [3.63, 3.8) is 0 Å². The minimum absolute atomic E-state index is 0.00384. The highest BCUT2D eigenvalue weighted by atomic mass is 32.2. The minimum Gasteiger partial charge on any atom is -0.384 e. The molecule has 2 N–H and O–H groups in total. The van der Waals surface area contributed by atoms with Gasteiger partial charge in [-0.25, -0.2) is 8.42 Å². The van der Waals surface area contributed by atoms with E-state index in [1.165, 1.54) is 0 Å². The average molecular weight is 283 g/mol. The standard InChI is InChI=1S/C14H21NO3S/c1-11(2)9-15-10-14(16)7-8-19(17,18)13-6-4-3-5-12(13)14/h3-6,11,15-16H,7-10H2,1-2H3. The third-order valence-corrected chi connectivity index (χ3v) is 5.25. The molecule has 1 aliphatic rings. The van der Waals surface area contributed by atoms with Crippen molar-refractivity contribution in [2.45, 2.75) is 30.8 Å². The smallest absolute Gasteiger partial charge is 0.178 e. The van der Waals surface area contributed by atoms with Gasteiger partial charge in [0.1, 0.15) is 5.60 Å². The van der Waals surface area contributed by atoms with Crippen LogP contribution in [-0.2, 0) is 15.4 Å². The molecule has 0 bridgehead atoms. The van der Waals surface area contributed by atoms with Crippen LogP contribution in [0, 0.1) is 5.92 Å². The van der Waals surface area contributed by atoms with Crippen molar-refractivity contribution in [2.24, 2.45) is 5.92 Å². The van der Waals surface area contributed by atoms with E-state index in [0.717, 1.165) is 6.54 Å². The van der Waals surface area contributed by atoms with Gasteiger partial charge in [0.2, 0.25) is 0 Å². The van der Waals surface area contributed by atoms with Crippen molar-refractivity contribution in [3.8, 4) is 0 Å². The summed E-state index contributed by atoms with van der Waals surface area (Å²) in [7, 11) is -3.24. The van der Waals surface area contributed by atoms with Crippen LogP contribution in [-0.4, -0.2) is 32.4 Å². The molecule has 1 heterocycles. The van der Waals surface area contributed by atoms with Crippen molar-refractivity contribution < 1.29 is 13.5 Å². The second-order valence-corrected chi connectivity index (χ2v) is 7.70. The number of benzene rings is 1. The maximum atomic E-state index is 12.0. The van der Waals surface area contributed by atoms with E-state index in [1.807, 2.05) is 0 Å². The highest BCUT2D eigenvalue weighted by Crippen LogP contribution is 2.36. The number of sulfone groups is 1. The summed E-state index contributed by atoms with van der Waals surface area (Å²) in [6.45, 7) is 5.38. The molecule has 0 fully saturated rings. The summed E-state index contributed by atoms with van der Waals surface area (Å²) in [6.07, 6.45) is 0.247. The molecule has 0 spiro atoms. The number of nitrogens with one attached hydrogen (secondary N) is 1. The zero-order valence-electron chi connectivity index (χ0n) is 11.4. The van der Waals surface area contributed by atoms with Crippen LogP contribution in [0.4, 0.5) is 0 Å². The van der Waals surface area contributed by atoms with E-state index in [9.17, 15) is 13.5 Å². The molecule has 0 saturated heterocycles. The lowest BCUT2D eigenvalue weighted by atomic mass is 9.90. The van der Waals surface area contributed by atoms with Gasteiger partial charge in [-0.3, -0.25) is 0 Å². The summed E-state index contributed by atoms with van der Waals surface area (Å²) >= 11 is 0. The summed E-state index contributed by atoms with van der Waals surface area (Å²) in [4.78, 5) is 0.273. The van der Waals surface area contributed by atoms with Crippen LogP contribution in [0.15, 0.2) is 29.2 Å². The van der Waals surface area contributed by atoms with E-state index in [-0.39, 0.29) is 17.1 Å². The first-order chi connectivity index (χ1) is 8.85. The fourth-order valence-electron chi connectivity index (χ4n) is 2.42. The van der Waals surface area contributed by atoms with Gasteiger partial charge in [-0.05, 0) is 24.9 Å². The van der Waals surface area contributed by atoms with Gasteiger partial charge < -0.3 is 10.4 Å². The quantitative estimate of drug-likeness (QED) is 0.874. The Morgan fingerprint density at radius 3 is 2.74 bits per heavy atom. The fraction of sp³-hybridized carbons (Fsp3) is 0.571. The number of rotatable bonds is 4. The minimum atomic E-state index is -3.24. The monoisotopic (exact) mass is 283 g/mol. The lowest BCUT2D eigenvalue weighted by Crippen LogP contribution is -2.44. The second-order valence-electron chi connectivity index (χ2n) is 5.62. The Kier molecular flexibility index (Phi) is 3.99. The molecule has 0 amide bonds. The summed E-state index contributed by atoms with van der Waals surface area (Å²) in [5, 5.41) is 14.0. The van der Waals surface area contributed by atoms with E-state index in [1.54, 1.807) is 24.3 Å². The third-order valence-electron chi connectivity index (χ3n) is 3.48. The van der Waals surface area contributed by atoms with Crippen molar-refractivity contribution in [1.82, 2.24) is 5.32 Å². The first kappa shape index (κ1) is 14.5. The van der Waals surface area contributed by atoms with Crippen LogP contribution >= 0.6 is 0 Å². The Hall–Kier alpha value is -0.910. The van der Waals surface area contributed by atoms with Gasteiger partial charge in [0, 0.05) is 12.1 Å². The molecule has 1 unspecified atom stereocenters. The topological polar surface area (TPSA) is 66.4 Å². The molecule has 19 heavy (non-hydrogen) atoms. The largest absolute Gasteiger partial charge is 0.384 e. The third kappa shape index (κ3) is 2.99. The van der Waals surface area contributed by atoms with Crippen LogP contribution in [0.1, 0.15) is 25.8 Å². The highest BCUT2D eigenvalue weighted by molar-refractivity contribution is 7.91. The molecular formula is C14H21NO3S. The van der Waals surface area contributed by atoms with Gasteiger partial charge in [-0.1, -0.05) is 32.0 Å². The molecule has 0 aliphatic carbocycles. The maximum absolute atomic E-state index is 12.0. The Morgan fingerprint density at radius 1 is 1.37 bits per heavy atom. The zero-order chi connectivity index (χ0) is 14.1. The molecule has 0 saturated carbocycles. The van der Waals surface area contributed by atoms with Gasteiger partial charge in [0.25, 0.3) is 0 Å². The summed E-state index contributed by atoms with van der Waals surface area (Å²) in [6, 6.07) is 6.76. The van der Waals surface area contributed by atoms with Gasteiger partial charge in [0.05, 0.1) is 10.6 Å². The van der Waals surface area contributed by atoms with Gasteiger partial charge in [0.15, 0.2) is 9.84 Å². The van der Waals surface area contributed by atoms with Gasteiger partial charge >= 0.3 is 0 Å². The first-order valence-corrected chi connectivity index (χ1v) is 8.26. The predicted molar refractivity (Wildman–Crippen MR) is 74.7 cm³/mol. The van der Waals surface area contributed by atoms with Crippen LogP contribution in [0.25, 0.3) is 0 Å². The lowest BCUT2D eigenvalue weighted by Gasteiger charge is -2.34. The van der Waals surface area contributed by atoms with Crippen LogP contribution in [0.2, 0.25) is 0 Å². The van der Waals surface area contributed by atoms with Crippen LogP contribution in [0.5, 0.6) is 0 Å². The van der Waals surface area contributed by atoms with Crippen molar-refractivity contribution in [3.05, 3.63) is 29.8 Å². The fourth-order valence-corrected chi connectivity index (χ4v) is 4.13. The molecule has 106 valence electrons. The van der Waals surface area contributed by atoms with E-state index >= 15 is 0 Å². The molecule has 1 atom stereocenters. The highest BCUT2D eigenvalue weighted by Gasteiger charge is 2.40. The molecule has 4 nitrogen and oxygen atoms in total. The van der Waals surface area contributed by atoms with E-state index in [0.29, 0.717) is 18.0 Å². The normalized spacial score (nSPS) is 25.3. The molecule has 5 heteroatoms. The van der Waals surface area contributed by atoms with Crippen LogP contribution < -0.4 is 5.32 Å². The van der Waals surface area contributed by atoms with Gasteiger partial charge in [-0.2, -0.15) is 0 Å². The number of aliphatic hydroxyl groups is 1. The number of fused-ring (bicyclic) bond motifs is 1. The Balaban J connectivity index is 2.28. The van der Waals surface area contributed by atoms with E-state index in [4.69, 9.17) is 0 Å². The zero-order valence-corrected chi connectivity index (χ0v) is 12.2. The number of hydrogen-bond donors (Lipinski definition) is 2. The average Bonchev–Trinajstić information content (AvgIpc) is 2.35.